The Morgan fingerprint density at radius 2 is 2.04 bits per heavy atom. The van der Waals surface area contributed by atoms with Crippen LogP contribution in [0.25, 0.3) is 5.70 Å². The van der Waals surface area contributed by atoms with E-state index in [2.05, 4.69) is 26.3 Å². The molecule has 1 amide bonds. The number of amidine groups is 1. The molecule has 0 spiro atoms. The summed E-state index contributed by atoms with van der Waals surface area (Å²) in [6.45, 7) is 0. The smallest absolute Gasteiger partial charge is 0.276 e. The first-order valence-electron chi connectivity index (χ1n) is 7.33. The molecule has 2 aromatic carbocycles. The van der Waals surface area contributed by atoms with E-state index in [4.69, 9.17) is 4.99 Å². The van der Waals surface area contributed by atoms with Gasteiger partial charge in [-0.1, -0.05) is 58.0 Å². The molecule has 1 atom stereocenters. The third-order valence-corrected chi connectivity index (χ3v) is 4.92. The Bertz CT molecular complexity index is 988. The van der Waals surface area contributed by atoms with E-state index in [1.807, 2.05) is 54.8 Å². The number of nitrogens with zero attached hydrogens (tertiary/aromatic N) is 3. The Labute approximate surface area is 151 Å². The fraction of sp³-hybridized carbons (Fsp3) is 0.118. The molecular weight excluding hydrogens is 388 g/mol. The number of hydrogen-bond donors (Lipinski definition) is 1. The molecule has 2 heterocycles. The van der Waals surface area contributed by atoms with Crippen molar-refractivity contribution in [2.75, 3.05) is 6.26 Å². The Kier molecular flexibility index (Phi) is 3.90. The minimum atomic E-state index is -0.374. The van der Waals surface area contributed by atoms with E-state index in [1.165, 1.54) is 11.8 Å². The predicted octanol–water partition coefficient (Wildman–Crippen LogP) is 1.96. The number of fused-ring (bicyclic) bond motifs is 2. The van der Waals surface area contributed by atoms with Crippen LogP contribution in [0, 0.1) is 0 Å². The van der Waals surface area contributed by atoms with Crippen molar-refractivity contribution in [1.82, 2.24) is 10.3 Å². The minimum Gasteiger partial charge on any atom is -0.298 e. The van der Waals surface area contributed by atoms with Gasteiger partial charge in [0.1, 0.15) is 5.70 Å². The zero-order valence-corrected chi connectivity index (χ0v) is 15.1. The highest BCUT2D eigenvalue weighted by atomic mass is 79.9. The molecule has 4 rings (SSSR count). The van der Waals surface area contributed by atoms with Crippen LogP contribution in [-0.4, -0.2) is 22.3 Å². The van der Waals surface area contributed by atoms with Crippen LogP contribution in [0.2, 0.25) is 0 Å². The van der Waals surface area contributed by atoms with E-state index in [-0.39, 0.29) is 12.1 Å². The van der Waals surface area contributed by atoms with Gasteiger partial charge in [0.05, 0.1) is 5.36 Å². The van der Waals surface area contributed by atoms with Crippen LogP contribution in [-0.2, 0) is 4.79 Å². The van der Waals surface area contributed by atoms with E-state index < -0.39 is 0 Å². The molecule has 0 radical (unpaired) electrons. The maximum Gasteiger partial charge on any atom is 0.276 e. The van der Waals surface area contributed by atoms with E-state index in [0.717, 1.165) is 20.6 Å². The summed E-state index contributed by atoms with van der Waals surface area (Å²) in [6, 6.07) is 15.6. The van der Waals surface area contributed by atoms with Crippen molar-refractivity contribution in [3.63, 3.8) is 0 Å². The molecule has 0 bridgehead atoms. The number of nitrogens with one attached hydrogen (secondary N) is 1. The summed E-state index contributed by atoms with van der Waals surface area (Å²) >= 11 is 4.90. The first-order chi connectivity index (χ1) is 11.7. The molecule has 5 nitrogen and oxygen atoms in total. The largest absolute Gasteiger partial charge is 0.298 e. The van der Waals surface area contributed by atoms with Gasteiger partial charge in [-0.15, -0.1) is 5.10 Å². The molecule has 2 aromatic rings. The second-order valence-electron chi connectivity index (χ2n) is 5.33. The van der Waals surface area contributed by atoms with Crippen LogP contribution < -0.4 is 15.9 Å². The number of thioether (sulfide) groups is 1. The summed E-state index contributed by atoms with van der Waals surface area (Å²) in [5.74, 6) is -0.156. The number of carbonyl (C=O) groups excluding carboxylic acids is 1. The number of benzene rings is 2. The average Bonchev–Trinajstić information content (AvgIpc) is 2.60. The zero-order chi connectivity index (χ0) is 16.7. The highest BCUT2D eigenvalue weighted by Gasteiger charge is 2.34. The maximum absolute atomic E-state index is 12.7. The quantitative estimate of drug-likeness (QED) is 0.795. The predicted molar refractivity (Wildman–Crippen MR) is 98.4 cm³/mol. The lowest BCUT2D eigenvalue weighted by Crippen LogP contribution is -2.50. The van der Waals surface area contributed by atoms with Crippen molar-refractivity contribution in [3.05, 3.63) is 69.1 Å². The Morgan fingerprint density at radius 3 is 2.83 bits per heavy atom. The van der Waals surface area contributed by atoms with Gasteiger partial charge in [-0.25, -0.2) is 5.01 Å². The lowest BCUT2D eigenvalue weighted by Gasteiger charge is -2.33. The zero-order valence-electron chi connectivity index (χ0n) is 12.7. The van der Waals surface area contributed by atoms with Crippen molar-refractivity contribution in [1.29, 1.82) is 0 Å². The average molecular weight is 401 g/mol. The molecule has 2 aliphatic rings. The van der Waals surface area contributed by atoms with Gasteiger partial charge in [0.25, 0.3) is 5.91 Å². The molecule has 2 aliphatic heterocycles. The molecule has 0 saturated carbocycles. The van der Waals surface area contributed by atoms with Crippen LogP contribution in [0.5, 0.6) is 0 Å². The Morgan fingerprint density at radius 1 is 1.21 bits per heavy atom. The Hall–Kier alpha value is -2.12. The first-order valence-corrected chi connectivity index (χ1v) is 9.35. The molecule has 7 heteroatoms. The number of para-hydroxylation sites is 1. The van der Waals surface area contributed by atoms with Gasteiger partial charge in [-0.05, 0) is 30.0 Å². The SMILES string of the molecule is CSC1=NN2C(=c3ccccc3=N[C@H]2c2cccc(Br)c2)C(=O)N1. The topological polar surface area (TPSA) is 57.1 Å². The monoisotopic (exact) mass is 400 g/mol. The van der Waals surface area contributed by atoms with E-state index in [9.17, 15) is 4.79 Å². The highest BCUT2D eigenvalue weighted by molar-refractivity contribution is 9.10. The third kappa shape index (κ3) is 2.53. The first kappa shape index (κ1) is 15.4. The van der Waals surface area contributed by atoms with Gasteiger partial charge in [0.15, 0.2) is 11.3 Å². The molecule has 0 unspecified atom stereocenters. The second-order valence-corrected chi connectivity index (χ2v) is 7.04. The van der Waals surface area contributed by atoms with Crippen molar-refractivity contribution in [2.45, 2.75) is 6.17 Å². The fourth-order valence-electron chi connectivity index (χ4n) is 2.80. The molecule has 120 valence electrons. The summed E-state index contributed by atoms with van der Waals surface area (Å²) in [4.78, 5) is 17.5. The summed E-state index contributed by atoms with van der Waals surface area (Å²) in [6.07, 6.45) is 1.51. The van der Waals surface area contributed by atoms with Crippen LogP contribution in [0.3, 0.4) is 0 Å². The van der Waals surface area contributed by atoms with Gasteiger partial charge in [0, 0.05) is 9.69 Å². The normalized spacial score (nSPS) is 19.0. The summed E-state index contributed by atoms with van der Waals surface area (Å²) in [7, 11) is 0. The number of hydrogen-bond acceptors (Lipinski definition) is 5. The van der Waals surface area contributed by atoms with Crippen molar-refractivity contribution in [3.8, 4) is 0 Å². The molecule has 0 fully saturated rings. The van der Waals surface area contributed by atoms with Crippen molar-refractivity contribution in [2.24, 2.45) is 10.1 Å². The lowest BCUT2D eigenvalue weighted by atomic mass is 10.1. The maximum atomic E-state index is 12.7. The Balaban J connectivity index is 1.99. The van der Waals surface area contributed by atoms with Crippen LogP contribution >= 0.6 is 27.7 Å². The van der Waals surface area contributed by atoms with Crippen LogP contribution in [0.4, 0.5) is 0 Å². The highest BCUT2D eigenvalue weighted by Crippen LogP contribution is 2.31. The lowest BCUT2D eigenvalue weighted by molar-refractivity contribution is -0.116. The molecule has 0 aliphatic carbocycles. The van der Waals surface area contributed by atoms with E-state index in [0.29, 0.717) is 10.9 Å². The number of halogens is 1. The fourth-order valence-corrected chi connectivity index (χ4v) is 3.58. The van der Waals surface area contributed by atoms with Gasteiger partial charge in [-0.3, -0.25) is 15.1 Å². The van der Waals surface area contributed by atoms with E-state index in [1.54, 1.807) is 5.01 Å². The number of rotatable bonds is 1. The second kappa shape index (κ2) is 6.07. The number of carbonyl (C=O) groups is 1. The van der Waals surface area contributed by atoms with Crippen molar-refractivity contribution < 1.29 is 4.79 Å². The van der Waals surface area contributed by atoms with Gasteiger partial charge in [-0.2, -0.15) is 0 Å². The van der Waals surface area contributed by atoms with Gasteiger partial charge < -0.3 is 0 Å². The number of hydrazone groups is 1. The molecule has 1 N–H and O–H groups in total. The molecule has 0 aromatic heterocycles. The molecular formula is C17H13BrN4OS. The van der Waals surface area contributed by atoms with Gasteiger partial charge in [0.2, 0.25) is 0 Å². The van der Waals surface area contributed by atoms with Gasteiger partial charge >= 0.3 is 0 Å². The summed E-state index contributed by atoms with van der Waals surface area (Å²) in [5.41, 5.74) is 1.50. The summed E-state index contributed by atoms with van der Waals surface area (Å²) < 4.78 is 0.964. The van der Waals surface area contributed by atoms with Crippen LogP contribution in [0.15, 0.2) is 63.1 Å². The van der Waals surface area contributed by atoms with Crippen molar-refractivity contribution >= 4 is 44.5 Å². The van der Waals surface area contributed by atoms with E-state index >= 15 is 0 Å². The summed E-state index contributed by atoms with van der Waals surface area (Å²) in [5, 5.41) is 11.3. The number of amides is 1. The third-order valence-electron chi connectivity index (χ3n) is 3.86. The standard InChI is InChI=1S/C17H13BrN4OS/c1-24-17-20-16(23)14-12-7-2-3-8-13(12)19-15(22(14)21-17)10-5-4-6-11(18)9-10/h2-9,15H,1H3,(H,20,21,23)/t15-/m1/s1. The molecule has 0 saturated heterocycles. The molecule has 24 heavy (non-hydrogen) atoms. The van der Waals surface area contributed by atoms with Crippen LogP contribution in [0.1, 0.15) is 11.7 Å². The minimum absolute atomic E-state index is 0.156.